The molecular weight excluding hydrogens is 306 g/mol. The molecule has 1 aliphatic carbocycles. The lowest BCUT2D eigenvalue weighted by Crippen LogP contribution is -2.49. The summed E-state index contributed by atoms with van der Waals surface area (Å²) in [6, 6.07) is 0.242. The van der Waals surface area contributed by atoms with Crippen LogP contribution in [0.25, 0.3) is 0 Å². The molecule has 1 amide bonds. The van der Waals surface area contributed by atoms with E-state index >= 15 is 0 Å². The van der Waals surface area contributed by atoms with E-state index in [4.69, 9.17) is 9.16 Å². The highest BCUT2D eigenvalue weighted by Crippen LogP contribution is 2.42. The monoisotopic (exact) mass is 343 g/mol. The number of carbonyl (C=O) groups is 1. The van der Waals surface area contributed by atoms with Gasteiger partial charge in [0.05, 0.1) is 0 Å². The van der Waals surface area contributed by atoms with Crippen LogP contribution in [0.3, 0.4) is 0 Å². The summed E-state index contributed by atoms with van der Waals surface area (Å²) in [7, 11) is -1.69. The SMILES string of the molecule is CCCC(C)(C)[Si](C)(C)OCC1CC(NC(=O)OC(C)(C)C)C1. The molecule has 0 aromatic heterocycles. The van der Waals surface area contributed by atoms with E-state index in [0.717, 1.165) is 19.4 Å². The van der Waals surface area contributed by atoms with E-state index < -0.39 is 13.9 Å². The summed E-state index contributed by atoms with van der Waals surface area (Å²) in [5, 5.41) is 3.25. The van der Waals surface area contributed by atoms with Crippen molar-refractivity contribution in [1.82, 2.24) is 5.32 Å². The number of hydrogen-bond acceptors (Lipinski definition) is 3. The molecule has 1 N–H and O–H groups in total. The first kappa shape index (κ1) is 20.5. The van der Waals surface area contributed by atoms with Crippen molar-refractivity contribution in [1.29, 1.82) is 0 Å². The lowest BCUT2D eigenvalue weighted by atomic mass is 9.81. The molecule has 0 bridgehead atoms. The molecule has 136 valence electrons. The molecule has 0 spiro atoms. The number of alkyl carbamates (subject to hydrolysis) is 1. The van der Waals surface area contributed by atoms with E-state index in [2.05, 4.69) is 39.2 Å². The van der Waals surface area contributed by atoms with Crippen molar-refractivity contribution < 1.29 is 14.0 Å². The van der Waals surface area contributed by atoms with Crippen molar-refractivity contribution in [3.63, 3.8) is 0 Å². The van der Waals surface area contributed by atoms with Crippen molar-refractivity contribution in [2.75, 3.05) is 6.61 Å². The predicted octanol–water partition coefficient (Wildman–Crippen LogP) is 5.09. The van der Waals surface area contributed by atoms with Crippen LogP contribution in [0.5, 0.6) is 0 Å². The van der Waals surface area contributed by atoms with Gasteiger partial charge in [0.15, 0.2) is 8.32 Å². The van der Waals surface area contributed by atoms with Crippen molar-refractivity contribution in [2.45, 2.75) is 97.0 Å². The first-order valence-electron chi connectivity index (χ1n) is 9.00. The molecule has 1 saturated carbocycles. The maximum atomic E-state index is 11.7. The molecule has 0 saturated heterocycles. The van der Waals surface area contributed by atoms with Crippen molar-refractivity contribution >= 4 is 14.4 Å². The van der Waals surface area contributed by atoms with E-state index in [1.807, 2.05) is 20.8 Å². The maximum Gasteiger partial charge on any atom is 0.407 e. The fraction of sp³-hybridized carbons (Fsp3) is 0.944. The smallest absolute Gasteiger partial charge is 0.407 e. The van der Waals surface area contributed by atoms with Crippen LogP contribution in [0.1, 0.15) is 67.2 Å². The molecule has 0 radical (unpaired) electrons. The standard InChI is InChI=1S/C18H37NO3Si/c1-9-10-18(5,6)23(7,8)21-13-14-11-15(12-14)19-16(20)22-17(2,3)4/h14-15H,9-13H2,1-8H3,(H,19,20). The molecule has 4 nitrogen and oxygen atoms in total. The molecule has 0 aromatic rings. The van der Waals surface area contributed by atoms with Gasteiger partial charge in [0, 0.05) is 12.6 Å². The van der Waals surface area contributed by atoms with E-state index in [1.165, 1.54) is 12.8 Å². The third kappa shape index (κ3) is 6.46. The van der Waals surface area contributed by atoms with Gasteiger partial charge in [0.2, 0.25) is 0 Å². The molecule has 1 aliphatic rings. The Hall–Kier alpha value is -0.553. The molecule has 0 heterocycles. The van der Waals surface area contributed by atoms with Gasteiger partial charge >= 0.3 is 6.09 Å². The van der Waals surface area contributed by atoms with E-state index in [0.29, 0.717) is 11.0 Å². The Kier molecular flexibility index (Phi) is 6.73. The summed E-state index contributed by atoms with van der Waals surface area (Å²) in [4.78, 5) is 11.7. The number of nitrogens with one attached hydrogen (secondary N) is 1. The quantitative estimate of drug-likeness (QED) is 0.655. The zero-order valence-corrected chi connectivity index (χ0v) is 17.4. The Morgan fingerprint density at radius 1 is 1.17 bits per heavy atom. The molecule has 1 fully saturated rings. The summed E-state index contributed by atoms with van der Waals surface area (Å²) in [5.74, 6) is 0.569. The van der Waals surface area contributed by atoms with Gasteiger partial charge in [-0.15, -0.1) is 0 Å². The summed E-state index contributed by atoms with van der Waals surface area (Å²) in [5.41, 5.74) is -0.434. The highest BCUT2D eigenvalue weighted by molar-refractivity contribution is 6.74. The molecule has 1 rings (SSSR count). The van der Waals surface area contributed by atoms with Crippen LogP contribution in [0.4, 0.5) is 4.79 Å². The van der Waals surface area contributed by atoms with Gasteiger partial charge in [-0.3, -0.25) is 0 Å². The minimum Gasteiger partial charge on any atom is -0.444 e. The van der Waals surface area contributed by atoms with Crippen LogP contribution in [0.15, 0.2) is 0 Å². The van der Waals surface area contributed by atoms with Crippen LogP contribution in [0.2, 0.25) is 18.1 Å². The summed E-state index contributed by atoms with van der Waals surface area (Å²) >= 11 is 0. The minimum atomic E-state index is -1.69. The molecule has 0 atom stereocenters. The zero-order chi connectivity index (χ0) is 17.9. The van der Waals surface area contributed by atoms with Gasteiger partial charge in [-0.1, -0.05) is 27.2 Å². The Labute approximate surface area is 143 Å². The van der Waals surface area contributed by atoms with Gasteiger partial charge in [-0.05, 0) is 64.1 Å². The fourth-order valence-corrected chi connectivity index (χ4v) is 4.81. The molecule has 5 heteroatoms. The van der Waals surface area contributed by atoms with Gasteiger partial charge in [0.25, 0.3) is 0 Å². The Morgan fingerprint density at radius 3 is 2.22 bits per heavy atom. The summed E-state index contributed by atoms with van der Waals surface area (Å²) < 4.78 is 11.7. The van der Waals surface area contributed by atoms with Gasteiger partial charge in [-0.25, -0.2) is 4.79 Å². The Balaban J connectivity index is 2.29. The first-order valence-corrected chi connectivity index (χ1v) is 11.9. The zero-order valence-electron chi connectivity index (χ0n) is 16.4. The fourth-order valence-electron chi connectivity index (χ4n) is 2.91. The van der Waals surface area contributed by atoms with Crippen LogP contribution < -0.4 is 5.32 Å². The third-order valence-electron chi connectivity index (χ3n) is 5.14. The highest BCUT2D eigenvalue weighted by atomic mass is 28.4. The predicted molar refractivity (Wildman–Crippen MR) is 98.3 cm³/mol. The minimum absolute atomic E-state index is 0.242. The average Bonchev–Trinajstić information content (AvgIpc) is 2.29. The second kappa shape index (κ2) is 7.56. The Morgan fingerprint density at radius 2 is 1.74 bits per heavy atom. The number of rotatable bonds is 7. The van der Waals surface area contributed by atoms with Crippen molar-refractivity contribution in [3.05, 3.63) is 0 Å². The molecule has 0 unspecified atom stereocenters. The number of hydrogen-bond donors (Lipinski definition) is 1. The van der Waals surface area contributed by atoms with Crippen LogP contribution in [0, 0.1) is 5.92 Å². The normalized spacial score (nSPS) is 22.4. The molecule has 23 heavy (non-hydrogen) atoms. The largest absolute Gasteiger partial charge is 0.444 e. The Bertz CT molecular complexity index is 396. The van der Waals surface area contributed by atoms with Gasteiger partial charge in [-0.2, -0.15) is 0 Å². The van der Waals surface area contributed by atoms with Crippen molar-refractivity contribution in [2.24, 2.45) is 5.92 Å². The topological polar surface area (TPSA) is 47.6 Å². The maximum absolute atomic E-state index is 11.7. The number of amides is 1. The van der Waals surface area contributed by atoms with E-state index in [9.17, 15) is 4.79 Å². The summed E-state index contributed by atoms with van der Waals surface area (Å²) in [6.07, 6.45) is 4.12. The van der Waals surface area contributed by atoms with Gasteiger partial charge in [0.1, 0.15) is 5.60 Å². The second-order valence-corrected chi connectivity index (χ2v) is 13.8. The second-order valence-electron chi connectivity index (χ2n) is 9.14. The first-order chi connectivity index (χ1) is 10.4. The average molecular weight is 344 g/mol. The van der Waals surface area contributed by atoms with Crippen LogP contribution in [-0.2, 0) is 9.16 Å². The molecular formula is C18H37NO3Si. The van der Waals surface area contributed by atoms with Crippen LogP contribution in [-0.4, -0.2) is 32.7 Å². The van der Waals surface area contributed by atoms with Gasteiger partial charge < -0.3 is 14.5 Å². The van der Waals surface area contributed by atoms with Crippen LogP contribution >= 0.6 is 0 Å². The lowest BCUT2D eigenvalue weighted by molar-refractivity contribution is 0.0423. The summed E-state index contributed by atoms with van der Waals surface area (Å²) in [6.45, 7) is 18.1. The highest BCUT2D eigenvalue weighted by Gasteiger charge is 2.41. The number of carbonyl (C=O) groups excluding carboxylic acids is 1. The van der Waals surface area contributed by atoms with E-state index in [-0.39, 0.29) is 12.1 Å². The van der Waals surface area contributed by atoms with Crippen molar-refractivity contribution in [3.8, 4) is 0 Å². The molecule has 0 aromatic carbocycles. The molecule has 0 aliphatic heterocycles. The number of ether oxygens (including phenoxy) is 1. The lowest BCUT2D eigenvalue weighted by Gasteiger charge is -2.42. The third-order valence-corrected chi connectivity index (χ3v) is 9.54. The van der Waals surface area contributed by atoms with E-state index in [1.54, 1.807) is 0 Å².